The second-order valence-electron chi connectivity index (χ2n) is 1.45. The zero-order chi connectivity index (χ0) is 10.6. The normalized spacial score (nSPS) is 5.00. The first-order chi connectivity index (χ1) is 5.47. The fraction of sp³-hybridized carbons (Fsp3) is 0.500. The number of hydrogen-bond donors (Lipinski definition) is 2. The predicted octanol–water partition coefficient (Wildman–Crippen LogP) is -8.00. The molecule has 0 heterocycles. The van der Waals surface area contributed by atoms with Gasteiger partial charge < -0.3 is 29.5 Å². The SMILES string of the molecule is CC(C)=C([S-])[S-].O=[NH+][O-].O=[NH+][O-].[Na+].[Na+]. The first kappa shape index (κ1) is 29.4. The van der Waals surface area contributed by atoms with Crippen molar-refractivity contribution >= 4 is 25.3 Å². The molecule has 6 nitrogen and oxygen atoms in total. The van der Waals surface area contributed by atoms with Gasteiger partial charge in [-0.3, -0.25) is 20.2 Å². The summed E-state index contributed by atoms with van der Waals surface area (Å²) < 4.78 is 0.593. The Morgan fingerprint density at radius 1 is 1.00 bits per heavy atom. The first-order valence-corrected chi connectivity index (χ1v) is 3.29. The number of nitrogens with one attached hydrogen (secondary N) is 2. The summed E-state index contributed by atoms with van der Waals surface area (Å²) in [7, 11) is 0. The van der Waals surface area contributed by atoms with Crippen molar-refractivity contribution in [3.63, 3.8) is 0 Å². The van der Waals surface area contributed by atoms with Gasteiger partial charge in [-0.2, -0.15) is 0 Å². The summed E-state index contributed by atoms with van der Waals surface area (Å²) in [6, 6.07) is 0. The second kappa shape index (κ2) is 29.2. The molecule has 0 bridgehead atoms. The van der Waals surface area contributed by atoms with Crippen LogP contribution < -0.4 is 69.8 Å². The number of rotatable bonds is 0. The Labute approximate surface area is 137 Å². The van der Waals surface area contributed by atoms with Crippen LogP contribution >= 0.6 is 0 Å². The minimum Gasteiger partial charge on any atom is -0.807 e. The molecule has 0 aliphatic carbocycles. The van der Waals surface area contributed by atoms with E-state index in [1.54, 1.807) is 0 Å². The van der Waals surface area contributed by atoms with Crippen molar-refractivity contribution in [3.05, 3.63) is 30.0 Å². The van der Waals surface area contributed by atoms with E-state index in [9.17, 15) is 0 Å². The van der Waals surface area contributed by atoms with Gasteiger partial charge in [0.1, 0.15) is 0 Å². The Bertz CT molecular complexity index is 134. The fourth-order valence-electron chi connectivity index (χ4n) is 0. The standard InChI is InChI=1S/C4H8S2.2HNO2.2Na/c1-3(2)4(5)6;2*2-1-3;;/h5-6H,1-2H3;2*1H;;/q;;;2*+1/p-2. The molecule has 0 saturated heterocycles. The van der Waals surface area contributed by atoms with Crippen LogP contribution in [-0.2, 0) is 25.3 Å². The van der Waals surface area contributed by atoms with Gasteiger partial charge in [-0.25, -0.2) is 0 Å². The van der Waals surface area contributed by atoms with Crippen LogP contribution in [-0.4, -0.2) is 0 Å². The van der Waals surface area contributed by atoms with Crippen LogP contribution in [0.2, 0.25) is 0 Å². The molecule has 14 heavy (non-hydrogen) atoms. The molecule has 0 atom stereocenters. The van der Waals surface area contributed by atoms with Gasteiger partial charge in [0.05, 0.1) is 0 Å². The molecule has 72 valence electrons. The Morgan fingerprint density at radius 2 is 1.07 bits per heavy atom. The quantitative estimate of drug-likeness (QED) is 0.193. The van der Waals surface area contributed by atoms with E-state index in [1.165, 1.54) is 0 Å². The Hall–Kier alpha value is 0.980. The van der Waals surface area contributed by atoms with Crippen LogP contribution in [0.5, 0.6) is 0 Å². The van der Waals surface area contributed by atoms with Crippen molar-refractivity contribution in [2.24, 2.45) is 0 Å². The van der Waals surface area contributed by atoms with Crippen LogP contribution in [0.4, 0.5) is 0 Å². The number of hydrogen-bond acceptors (Lipinski definition) is 6. The van der Waals surface area contributed by atoms with Crippen molar-refractivity contribution in [1.82, 2.24) is 0 Å². The molecule has 0 fully saturated rings. The van der Waals surface area contributed by atoms with Crippen molar-refractivity contribution < 1.29 is 69.8 Å². The summed E-state index contributed by atoms with van der Waals surface area (Å²) in [5, 5.41) is 16.8. The van der Waals surface area contributed by atoms with Crippen LogP contribution in [0.1, 0.15) is 13.8 Å². The molecule has 0 unspecified atom stereocenters. The average molecular weight is 258 g/mol. The maximum absolute atomic E-state index is 8.12. The van der Waals surface area contributed by atoms with Gasteiger partial charge in [0, 0.05) is 10.7 Å². The van der Waals surface area contributed by atoms with Gasteiger partial charge in [-0.1, -0.05) is 0 Å². The Morgan fingerprint density at radius 3 is 1.07 bits per heavy atom. The summed E-state index contributed by atoms with van der Waals surface area (Å²) in [5.74, 6) is 0. The van der Waals surface area contributed by atoms with E-state index in [2.05, 4.69) is 25.3 Å². The van der Waals surface area contributed by atoms with Crippen molar-refractivity contribution in [1.29, 1.82) is 0 Å². The summed E-state index contributed by atoms with van der Waals surface area (Å²) in [6.45, 7) is 3.82. The predicted molar refractivity (Wildman–Crippen MR) is 48.5 cm³/mol. The number of allylic oxidation sites excluding steroid dienone is 1. The Kier molecular flexibility index (Phi) is 61.3. The monoisotopic (exact) mass is 258 g/mol. The fourth-order valence-corrected chi connectivity index (χ4v) is 0. The molecule has 0 aromatic carbocycles. The zero-order valence-electron chi connectivity index (χ0n) is 8.45. The molecule has 0 radical (unpaired) electrons. The molecule has 10 heteroatoms. The van der Waals surface area contributed by atoms with Gasteiger partial charge in [-0.15, -0.1) is 5.57 Å². The summed E-state index contributed by atoms with van der Waals surface area (Å²) in [6.07, 6.45) is 0. The molecule has 0 aromatic rings. The molecule has 0 aliphatic rings. The van der Waals surface area contributed by atoms with Crippen molar-refractivity contribution in [2.75, 3.05) is 0 Å². The van der Waals surface area contributed by atoms with Gasteiger partial charge in [0.15, 0.2) is 0 Å². The largest absolute Gasteiger partial charge is 1.00 e. The van der Waals surface area contributed by atoms with E-state index in [4.69, 9.17) is 20.2 Å². The minimum absolute atomic E-state index is 0. The van der Waals surface area contributed by atoms with E-state index in [0.717, 1.165) is 5.57 Å². The van der Waals surface area contributed by atoms with E-state index in [0.29, 0.717) is 4.24 Å². The topological polar surface area (TPSA) is 108 Å². The van der Waals surface area contributed by atoms with Gasteiger partial charge in [0.25, 0.3) is 0 Å². The van der Waals surface area contributed by atoms with E-state index in [1.807, 2.05) is 13.8 Å². The summed E-state index contributed by atoms with van der Waals surface area (Å²) in [5.41, 5.74) is 1.06. The molecule has 0 rings (SSSR count). The molecule has 0 aliphatic heterocycles. The average Bonchev–Trinajstić information content (AvgIpc) is 1.90. The zero-order valence-corrected chi connectivity index (χ0v) is 14.1. The molecule has 0 amide bonds. The third-order valence-electron chi connectivity index (χ3n) is 0.408. The molecule has 0 aromatic heterocycles. The first-order valence-electron chi connectivity index (χ1n) is 2.47. The third-order valence-corrected chi connectivity index (χ3v) is 1.22. The van der Waals surface area contributed by atoms with Crippen molar-refractivity contribution in [3.8, 4) is 0 Å². The third kappa shape index (κ3) is 75.1. The molecule has 0 spiro atoms. The molecular formula is C4H8N2Na2O4S2. The van der Waals surface area contributed by atoms with Gasteiger partial charge >= 0.3 is 59.1 Å². The summed E-state index contributed by atoms with van der Waals surface area (Å²) >= 11 is 9.19. The molecular weight excluding hydrogens is 250 g/mol. The van der Waals surface area contributed by atoms with Crippen LogP contribution in [0.15, 0.2) is 9.81 Å². The van der Waals surface area contributed by atoms with E-state index < -0.39 is 0 Å². The van der Waals surface area contributed by atoms with Crippen LogP contribution in [0, 0.1) is 20.2 Å². The minimum atomic E-state index is 0. The smallest absolute Gasteiger partial charge is 0.807 e. The van der Waals surface area contributed by atoms with Crippen molar-refractivity contribution in [2.45, 2.75) is 13.8 Å². The molecule has 0 saturated carbocycles. The van der Waals surface area contributed by atoms with Gasteiger partial charge in [0.2, 0.25) is 0 Å². The second-order valence-corrected chi connectivity index (χ2v) is 2.53. The van der Waals surface area contributed by atoms with Crippen LogP contribution in [0.3, 0.4) is 0 Å². The van der Waals surface area contributed by atoms with E-state index in [-0.39, 0.29) is 69.8 Å². The summed E-state index contributed by atoms with van der Waals surface area (Å²) in [4.78, 5) is 16.2. The van der Waals surface area contributed by atoms with Gasteiger partial charge in [-0.05, 0) is 13.8 Å². The maximum Gasteiger partial charge on any atom is 1.00 e. The van der Waals surface area contributed by atoms with E-state index >= 15 is 0 Å². The molecule has 2 N–H and O–H groups in total. The maximum atomic E-state index is 8.12. The van der Waals surface area contributed by atoms with Crippen LogP contribution in [0.25, 0.3) is 0 Å². The Balaban J connectivity index is -0.0000000297.